The van der Waals surface area contributed by atoms with Gasteiger partial charge >= 0.3 is 0 Å². The molecule has 0 saturated carbocycles. The second kappa shape index (κ2) is 4.40. The fourth-order valence-electron chi connectivity index (χ4n) is 2.94. The largest absolute Gasteiger partial charge is 0.384 e. The Morgan fingerprint density at radius 1 is 1.10 bits per heavy atom. The maximum absolute atomic E-state index is 12.5. The van der Waals surface area contributed by atoms with Crippen molar-refractivity contribution in [1.29, 1.82) is 10.5 Å². The predicted molar refractivity (Wildman–Crippen MR) is 74.2 cm³/mol. The Bertz CT molecular complexity index is 865. The van der Waals surface area contributed by atoms with Crippen molar-refractivity contribution >= 4 is 11.3 Å². The van der Waals surface area contributed by atoms with Crippen LogP contribution in [0.15, 0.2) is 16.9 Å². The lowest BCUT2D eigenvalue weighted by atomic mass is 9.88. The van der Waals surface area contributed by atoms with E-state index in [2.05, 4.69) is 0 Å². The second-order valence-electron chi connectivity index (χ2n) is 4.92. The molecule has 0 radical (unpaired) electrons. The molecule has 0 bridgehead atoms. The minimum atomic E-state index is -0.419. The van der Waals surface area contributed by atoms with Crippen LogP contribution in [0.2, 0.25) is 0 Å². The van der Waals surface area contributed by atoms with Crippen molar-refractivity contribution in [3.8, 4) is 12.1 Å². The predicted octanol–water partition coefficient (Wildman–Crippen LogP) is 1.50. The number of nitrogen functional groups attached to an aromatic ring is 1. The van der Waals surface area contributed by atoms with Gasteiger partial charge in [0, 0.05) is 0 Å². The molecular formula is C15H12N4O. The van der Waals surface area contributed by atoms with E-state index in [9.17, 15) is 10.1 Å². The summed E-state index contributed by atoms with van der Waals surface area (Å²) >= 11 is 0. The highest BCUT2D eigenvalue weighted by molar-refractivity contribution is 5.68. The zero-order valence-corrected chi connectivity index (χ0v) is 10.8. The molecule has 0 unspecified atom stereocenters. The molecule has 98 valence electrons. The summed E-state index contributed by atoms with van der Waals surface area (Å²) in [6.07, 6.45) is 3.61. The second-order valence-corrected chi connectivity index (χ2v) is 4.92. The van der Waals surface area contributed by atoms with Gasteiger partial charge < -0.3 is 5.73 Å². The van der Waals surface area contributed by atoms with Crippen molar-refractivity contribution in [2.24, 2.45) is 0 Å². The van der Waals surface area contributed by atoms with Gasteiger partial charge in [-0.15, -0.1) is 0 Å². The Hall–Kier alpha value is -2.79. The number of nitrogens with two attached hydrogens (primary N) is 1. The Morgan fingerprint density at radius 2 is 1.80 bits per heavy atom. The van der Waals surface area contributed by atoms with E-state index in [1.54, 1.807) is 12.1 Å². The number of fused-ring (bicyclic) bond motifs is 3. The van der Waals surface area contributed by atoms with Gasteiger partial charge in [0.2, 0.25) is 0 Å². The summed E-state index contributed by atoms with van der Waals surface area (Å²) < 4.78 is 1.31. The third-order valence-corrected chi connectivity index (χ3v) is 3.89. The lowest BCUT2D eigenvalue weighted by molar-refractivity contribution is 0.682. The fraction of sp³-hybridized carbons (Fsp3) is 0.267. The highest BCUT2D eigenvalue weighted by Gasteiger charge is 2.21. The Labute approximate surface area is 115 Å². The van der Waals surface area contributed by atoms with Crippen LogP contribution in [0.1, 0.15) is 35.1 Å². The highest BCUT2D eigenvalue weighted by atomic mass is 16.1. The monoisotopic (exact) mass is 264 g/mol. The van der Waals surface area contributed by atoms with Gasteiger partial charge in [0.25, 0.3) is 5.56 Å². The number of anilines is 1. The summed E-state index contributed by atoms with van der Waals surface area (Å²) in [5, 5.41) is 18.3. The van der Waals surface area contributed by atoms with Gasteiger partial charge in [0.1, 0.15) is 23.5 Å². The number of pyridine rings is 2. The molecule has 0 spiro atoms. The van der Waals surface area contributed by atoms with Crippen LogP contribution < -0.4 is 11.3 Å². The van der Waals surface area contributed by atoms with Crippen LogP contribution in [0.5, 0.6) is 0 Å². The average Bonchev–Trinajstić information content (AvgIpc) is 2.48. The number of nitriles is 2. The SMILES string of the molecule is N#Cc1ccc2c3c(c(C#N)c(=O)n2c1N)CCCC3. The zero-order valence-electron chi connectivity index (χ0n) is 10.8. The molecule has 5 nitrogen and oxygen atoms in total. The summed E-state index contributed by atoms with van der Waals surface area (Å²) in [5.74, 6) is 0.111. The average molecular weight is 264 g/mol. The van der Waals surface area contributed by atoms with E-state index in [0.29, 0.717) is 0 Å². The van der Waals surface area contributed by atoms with Crippen molar-refractivity contribution < 1.29 is 0 Å². The van der Waals surface area contributed by atoms with Crippen LogP contribution in [-0.4, -0.2) is 4.40 Å². The summed E-state index contributed by atoms with van der Waals surface area (Å²) in [5.41, 5.74) is 8.51. The van der Waals surface area contributed by atoms with Gasteiger partial charge in [-0.25, -0.2) is 0 Å². The third-order valence-electron chi connectivity index (χ3n) is 3.89. The Kier molecular flexibility index (Phi) is 2.69. The van der Waals surface area contributed by atoms with Crippen molar-refractivity contribution in [2.75, 3.05) is 5.73 Å². The number of aryl methyl sites for hydroxylation is 1. The molecule has 0 saturated heterocycles. The molecular weight excluding hydrogens is 252 g/mol. The molecule has 0 amide bonds. The topological polar surface area (TPSA) is 95.1 Å². The Balaban J connectivity index is 2.57. The zero-order chi connectivity index (χ0) is 14.3. The first-order chi connectivity index (χ1) is 9.69. The van der Waals surface area contributed by atoms with Crippen LogP contribution in [0.4, 0.5) is 5.82 Å². The minimum absolute atomic E-state index is 0.111. The van der Waals surface area contributed by atoms with Gasteiger partial charge in [-0.1, -0.05) is 0 Å². The molecule has 2 N–H and O–H groups in total. The molecule has 5 heteroatoms. The molecule has 1 aliphatic rings. The van der Waals surface area contributed by atoms with Crippen molar-refractivity contribution in [1.82, 2.24) is 4.40 Å². The van der Waals surface area contributed by atoms with E-state index in [-0.39, 0.29) is 16.9 Å². The van der Waals surface area contributed by atoms with Gasteiger partial charge in [0.05, 0.1) is 11.1 Å². The number of aromatic nitrogens is 1. The first kappa shape index (κ1) is 12.3. The molecule has 2 aromatic rings. The number of hydrogen-bond acceptors (Lipinski definition) is 4. The molecule has 0 fully saturated rings. The number of nitrogens with zero attached hydrogens (tertiary/aromatic N) is 3. The summed E-state index contributed by atoms with van der Waals surface area (Å²) in [7, 11) is 0. The molecule has 20 heavy (non-hydrogen) atoms. The van der Waals surface area contributed by atoms with Crippen LogP contribution >= 0.6 is 0 Å². The lowest BCUT2D eigenvalue weighted by Crippen LogP contribution is -2.25. The maximum Gasteiger partial charge on any atom is 0.274 e. The maximum atomic E-state index is 12.5. The van der Waals surface area contributed by atoms with Crippen molar-refractivity contribution in [2.45, 2.75) is 25.7 Å². The van der Waals surface area contributed by atoms with Gasteiger partial charge in [-0.05, 0) is 48.9 Å². The summed E-state index contributed by atoms with van der Waals surface area (Å²) in [6.45, 7) is 0. The molecule has 1 aliphatic carbocycles. The molecule has 2 aromatic heterocycles. The van der Waals surface area contributed by atoms with Gasteiger partial charge in [-0.2, -0.15) is 10.5 Å². The van der Waals surface area contributed by atoms with Crippen LogP contribution in [0, 0.1) is 22.7 Å². The molecule has 2 heterocycles. The molecule has 0 aromatic carbocycles. The summed E-state index contributed by atoms with van der Waals surface area (Å²) in [6, 6.07) is 7.35. The third kappa shape index (κ3) is 1.50. The fourth-order valence-corrected chi connectivity index (χ4v) is 2.94. The normalized spacial score (nSPS) is 13.5. The van der Waals surface area contributed by atoms with E-state index in [4.69, 9.17) is 11.0 Å². The molecule has 0 atom stereocenters. The first-order valence-corrected chi connectivity index (χ1v) is 6.48. The van der Waals surface area contributed by atoms with E-state index >= 15 is 0 Å². The smallest absolute Gasteiger partial charge is 0.274 e. The van der Waals surface area contributed by atoms with Crippen LogP contribution in [0.3, 0.4) is 0 Å². The lowest BCUT2D eigenvalue weighted by Gasteiger charge is -2.20. The molecule has 3 rings (SSSR count). The standard InChI is InChI=1S/C15H12N4O/c16-7-9-5-6-13-11-4-2-1-3-10(11)12(8-17)15(20)19(13)14(9)18/h5-6H,1-4,18H2. The molecule has 0 aliphatic heterocycles. The van der Waals surface area contributed by atoms with E-state index in [1.807, 2.05) is 12.1 Å². The number of hydrogen-bond donors (Lipinski definition) is 1. The minimum Gasteiger partial charge on any atom is -0.384 e. The van der Waals surface area contributed by atoms with E-state index in [1.165, 1.54) is 4.40 Å². The Morgan fingerprint density at radius 3 is 2.45 bits per heavy atom. The van der Waals surface area contributed by atoms with Crippen LogP contribution in [-0.2, 0) is 12.8 Å². The van der Waals surface area contributed by atoms with E-state index < -0.39 is 5.56 Å². The quantitative estimate of drug-likeness (QED) is 0.780. The number of rotatable bonds is 0. The van der Waals surface area contributed by atoms with E-state index in [0.717, 1.165) is 42.3 Å². The van der Waals surface area contributed by atoms with Crippen molar-refractivity contribution in [3.05, 3.63) is 44.7 Å². The van der Waals surface area contributed by atoms with Crippen molar-refractivity contribution in [3.63, 3.8) is 0 Å². The van der Waals surface area contributed by atoms with Crippen LogP contribution in [0.25, 0.3) is 5.52 Å². The first-order valence-electron chi connectivity index (χ1n) is 6.48. The van der Waals surface area contributed by atoms with Gasteiger partial charge in [-0.3, -0.25) is 9.20 Å². The summed E-state index contributed by atoms with van der Waals surface area (Å²) in [4.78, 5) is 12.5. The highest BCUT2D eigenvalue weighted by Crippen LogP contribution is 2.28. The van der Waals surface area contributed by atoms with Gasteiger partial charge in [0.15, 0.2) is 0 Å².